The topological polar surface area (TPSA) is 26.9 Å². The van der Waals surface area contributed by atoms with Crippen LogP contribution in [0.15, 0.2) is 23.0 Å². The Bertz CT molecular complexity index is 703. The summed E-state index contributed by atoms with van der Waals surface area (Å²) in [7, 11) is 0. The van der Waals surface area contributed by atoms with E-state index < -0.39 is 0 Å². The Morgan fingerprint density at radius 3 is 2.32 bits per heavy atom. The molecule has 2 heterocycles. The molecule has 0 bridgehead atoms. The van der Waals surface area contributed by atoms with Crippen molar-refractivity contribution in [2.45, 2.75) is 25.9 Å². The average Bonchev–Trinajstić information content (AvgIpc) is 2.64. The van der Waals surface area contributed by atoms with Gasteiger partial charge in [-0.1, -0.05) is 40.9 Å². The summed E-state index contributed by atoms with van der Waals surface area (Å²) in [6, 6.07) is 5.06. The van der Waals surface area contributed by atoms with Gasteiger partial charge in [-0.25, -0.2) is 4.68 Å². The minimum atomic E-state index is -0.0890. The Morgan fingerprint density at radius 2 is 1.68 bits per heavy atom. The molecular weight excluding hydrogens is 307 g/mol. The molecule has 2 aromatic rings. The summed E-state index contributed by atoms with van der Waals surface area (Å²) < 4.78 is 3.51. The summed E-state index contributed by atoms with van der Waals surface area (Å²) in [5.74, 6) is 0. The second-order valence-electron chi connectivity index (χ2n) is 4.55. The van der Waals surface area contributed by atoms with Gasteiger partial charge in [0.2, 0.25) is 0 Å². The molecule has 1 aromatic carbocycles. The second kappa shape index (κ2) is 4.89. The highest BCUT2D eigenvalue weighted by Crippen LogP contribution is 2.33. The predicted octanol–water partition coefficient (Wildman–Crippen LogP) is 4.07. The molecule has 6 heteroatoms. The fraction of sp³-hybridized carbons (Fsp3) is 0.308. The lowest BCUT2D eigenvalue weighted by Crippen LogP contribution is -2.27. The SMILES string of the molecule is O=c1c(-c2ccc(Cl)cc2Cl)c(Cl)n2n1CCCC2. The molecule has 19 heavy (non-hydrogen) atoms. The third kappa shape index (κ3) is 2.10. The molecule has 0 spiro atoms. The van der Waals surface area contributed by atoms with Crippen LogP contribution in [-0.4, -0.2) is 9.36 Å². The number of rotatable bonds is 1. The monoisotopic (exact) mass is 316 g/mol. The van der Waals surface area contributed by atoms with Crippen molar-refractivity contribution in [3.05, 3.63) is 43.8 Å². The minimum Gasteiger partial charge on any atom is -0.271 e. The predicted molar refractivity (Wildman–Crippen MR) is 78.4 cm³/mol. The first-order chi connectivity index (χ1) is 9.09. The number of hydrogen-bond donors (Lipinski definition) is 0. The average molecular weight is 318 g/mol. The molecule has 0 amide bonds. The number of nitrogens with zero attached hydrogens (tertiary/aromatic N) is 2. The molecule has 3 nitrogen and oxygen atoms in total. The molecule has 0 atom stereocenters. The molecule has 0 fully saturated rings. The van der Waals surface area contributed by atoms with E-state index in [9.17, 15) is 4.79 Å². The molecule has 1 aliphatic heterocycles. The summed E-state index contributed by atoms with van der Waals surface area (Å²) >= 11 is 18.4. The zero-order valence-electron chi connectivity index (χ0n) is 10.00. The summed E-state index contributed by atoms with van der Waals surface area (Å²) in [6.07, 6.45) is 2.02. The van der Waals surface area contributed by atoms with E-state index in [2.05, 4.69) is 0 Å². The van der Waals surface area contributed by atoms with E-state index in [-0.39, 0.29) is 5.56 Å². The van der Waals surface area contributed by atoms with E-state index >= 15 is 0 Å². The number of benzene rings is 1. The highest BCUT2D eigenvalue weighted by Gasteiger charge is 2.23. The lowest BCUT2D eigenvalue weighted by Gasteiger charge is -2.17. The van der Waals surface area contributed by atoms with Crippen LogP contribution in [0.4, 0.5) is 0 Å². The van der Waals surface area contributed by atoms with Crippen molar-refractivity contribution in [2.75, 3.05) is 0 Å². The maximum atomic E-state index is 12.4. The lowest BCUT2D eigenvalue weighted by molar-refractivity contribution is 0.356. The normalized spacial score (nSPS) is 14.5. The summed E-state index contributed by atoms with van der Waals surface area (Å²) in [5.41, 5.74) is 1.01. The fourth-order valence-electron chi connectivity index (χ4n) is 2.44. The second-order valence-corrected chi connectivity index (χ2v) is 5.75. The number of halogens is 3. The molecule has 0 aliphatic carbocycles. The van der Waals surface area contributed by atoms with Crippen LogP contribution in [0.3, 0.4) is 0 Å². The van der Waals surface area contributed by atoms with Crippen LogP contribution in [0.5, 0.6) is 0 Å². The maximum Gasteiger partial charge on any atom is 0.276 e. The number of hydrogen-bond acceptors (Lipinski definition) is 1. The van der Waals surface area contributed by atoms with Crippen LogP contribution in [0.25, 0.3) is 11.1 Å². The van der Waals surface area contributed by atoms with Crippen molar-refractivity contribution in [2.24, 2.45) is 0 Å². The third-order valence-corrected chi connectivity index (χ3v) is 4.29. The van der Waals surface area contributed by atoms with Gasteiger partial charge in [0, 0.05) is 23.7 Å². The first-order valence-corrected chi connectivity index (χ1v) is 7.17. The molecular formula is C13H11Cl3N2O. The molecule has 1 aliphatic rings. The van der Waals surface area contributed by atoms with Crippen molar-refractivity contribution in [1.82, 2.24) is 9.36 Å². The van der Waals surface area contributed by atoms with Gasteiger partial charge in [0.1, 0.15) is 5.15 Å². The lowest BCUT2D eigenvalue weighted by atomic mass is 10.1. The number of fused-ring (bicyclic) bond motifs is 1. The van der Waals surface area contributed by atoms with Crippen molar-refractivity contribution < 1.29 is 0 Å². The molecule has 0 saturated heterocycles. The van der Waals surface area contributed by atoms with Gasteiger partial charge in [-0.2, -0.15) is 0 Å². The molecule has 3 rings (SSSR count). The van der Waals surface area contributed by atoms with Gasteiger partial charge in [-0.15, -0.1) is 0 Å². The molecule has 1 aromatic heterocycles. The molecule has 0 radical (unpaired) electrons. The summed E-state index contributed by atoms with van der Waals surface area (Å²) in [6.45, 7) is 1.46. The molecule has 0 unspecified atom stereocenters. The zero-order chi connectivity index (χ0) is 13.6. The van der Waals surface area contributed by atoms with Crippen molar-refractivity contribution >= 4 is 34.8 Å². The summed E-state index contributed by atoms with van der Waals surface area (Å²) in [5, 5.41) is 1.43. The van der Waals surface area contributed by atoms with Gasteiger partial charge >= 0.3 is 0 Å². The molecule has 0 N–H and O–H groups in total. The fourth-order valence-corrected chi connectivity index (χ4v) is 3.31. The van der Waals surface area contributed by atoms with E-state index in [0.29, 0.717) is 32.9 Å². The van der Waals surface area contributed by atoms with E-state index in [1.807, 2.05) is 4.68 Å². The highest BCUT2D eigenvalue weighted by atomic mass is 35.5. The first-order valence-electron chi connectivity index (χ1n) is 6.04. The quantitative estimate of drug-likeness (QED) is 0.779. The smallest absolute Gasteiger partial charge is 0.271 e. The van der Waals surface area contributed by atoms with Crippen molar-refractivity contribution in [1.29, 1.82) is 0 Å². The standard InChI is InChI=1S/C13H11Cl3N2O/c14-8-3-4-9(10(15)7-8)11-12(16)17-5-1-2-6-18(17)13(11)19/h3-4,7H,1-2,5-6H2. The van der Waals surface area contributed by atoms with Gasteiger partial charge in [0.25, 0.3) is 5.56 Å². The maximum absolute atomic E-state index is 12.4. The van der Waals surface area contributed by atoms with Crippen LogP contribution in [-0.2, 0) is 13.1 Å². The zero-order valence-corrected chi connectivity index (χ0v) is 12.3. The first kappa shape index (κ1) is 13.1. The van der Waals surface area contributed by atoms with Gasteiger partial charge < -0.3 is 0 Å². The Labute approximate surface area is 125 Å². The van der Waals surface area contributed by atoms with Crippen molar-refractivity contribution in [3.8, 4) is 11.1 Å². The Kier molecular flexibility index (Phi) is 3.37. The number of aromatic nitrogens is 2. The Hall–Kier alpha value is -0.900. The van der Waals surface area contributed by atoms with Crippen LogP contribution < -0.4 is 5.56 Å². The largest absolute Gasteiger partial charge is 0.276 e. The summed E-state index contributed by atoms with van der Waals surface area (Å²) in [4.78, 5) is 12.4. The van der Waals surface area contributed by atoms with Crippen LogP contribution in [0, 0.1) is 0 Å². The molecule has 0 saturated carbocycles. The van der Waals surface area contributed by atoms with E-state index in [1.165, 1.54) is 0 Å². The third-order valence-electron chi connectivity index (χ3n) is 3.36. The van der Waals surface area contributed by atoms with Crippen molar-refractivity contribution in [3.63, 3.8) is 0 Å². The van der Waals surface area contributed by atoms with Crippen LogP contribution in [0.2, 0.25) is 15.2 Å². The minimum absolute atomic E-state index is 0.0890. The van der Waals surface area contributed by atoms with E-state index in [4.69, 9.17) is 34.8 Å². The van der Waals surface area contributed by atoms with E-state index in [0.717, 1.165) is 19.4 Å². The van der Waals surface area contributed by atoms with Crippen LogP contribution >= 0.6 is 34.8 Å². The Morgan fingerprint density at radius 1 is 1.00 bits per heavy atom. The van der Waals surface area contributed by atoms with Gasteiger partial charge in [0.15, 0.2) is 0 Å². The highest BCUT2D eigenvalue weighted by molar-refractivity contribution is 6.37. The van der Waals surface area contributed by atoms with Gasteiger partial charge in [-0.3, -0.25) is 9.48 Å². The van der Waals surface area contributed by atoms with E-state index in [1.54, 1.807) is 22.9 Å². The molecule has 100 valence electrons. The van der Waals surface area contributed by atoms with Gasteiger partial charge in [0.05, 0.1) is 10.6 Å². The van der Waals surface area contributed by atoms with Crippen LogP contribution in [0.1, 0.15) is 12.8 Å². The van der Waals surface area contributed by atoms with Gasteiger partial charge in [-0.05, 0) is 25.0 Å². The Balaban J connectivity index is 2.26.